The Morgan fingerprint density at radius 2 is 2.14 bits per heavy atom. The minimum absolute atomic E-state index is 0.508. The van der Waals surface area contributed by atoms with Crippen molar-refractivity contribution in [2.75, 3.05) is 0 Å². The van der Waals surface area contributed by atoms with Crippen molar-refractivity contribution in [3.05, 3.63) is 35.9 Å². The van der Waals surface area contributed by atoms with Crippen LogP contribution in [0.1, 0.15) is 11.7 Å². The Labute approximate surface area is 80.9 Å². The lowest BCUT2D eigenvalue weighted by Gasteiger charge is -1.97. The number of nitrogens with two attached hydrogens (primary N) is 1. The third kappa shape index (κ3) is 1.07. The highest BCUT2D eigenvalue weighted by atomic mass is 16.6. The first-order valence-corrected chi connectivity index (χ1v) is 4.14. The summed E-state index contributed by atoms with van der Waals surface area (Å²) in [5, 5.41) is 8.78. The Morgan fingerprint density at radius 1 is 1.50 bits per heavy atom. The zero-order chi connectivity index (χ0) is 10.2. The van der Waals surface area contributed by atoms with Crippen molar-refractivity contribution in [1.29, 1.82) is 5.26 Å². The Hall–Kier alpha value is -1.86. The second-order valence-corrected chi connectivity index (χ2v) is 3.12. The van der Waals surface area contributed by atoms with E-state index in [0.717, 1.165) is 5.56 Å². The van der Waals surface area contributed by atoms with Crippen molar-refractivity contribution in [2.45, 2.75) is 11.7 Å². The van der Waals surface area contributed by atoms with E-state index < -0.39 is 17.6 Å². The van der Waals surface area contributed by atoms with Gasteiger partial charge in [0.15, 0.2) is 0 Å². The van der Waals surface area contributed by atoms with Crippen LogP contribution in [0.15, 0.2) is 30.3 Å². The van der Waals surface area contributed by atoms with Crippen molar-refractivity contribution in [1.82, 2.24) is 0 Å². The summed E-state index contributed by atoms with van der Waals surface area (Å²) in [4.78, 5) is 11.0. The summed E-state index contributed by atoms with van der Waals surface area (Å²) in [6.07, 6.45) is -0.508. The minimum Gasteiger partial charge on any atom is -0.366 e. The summed E-state index contributed by atoms with van der Waals surface area (Å²) in [5.41, 5.74) is 4.44. The molecule has 0 aliphatic carbocycles. The van der Waals surface area contributed by atoms with Gasteiger partial charge in [-0.15, -0.1) is 0 Å². The molecule has 0 bridgehead atoms. The number of primary amides is 1. The molecule has 1 aromatic rings. The number of amides is 1. The standard InChI is InChI=1S/C10H8N2O2/c11-6-10(9(12)13)8(14-10)7-4-2-1-3-5-7/h1-5,8H,(H2,12,13). The molecule has 1 saturated heterocycles. The van der Waals surface area contributed by atoms with Crippen molar-refractivity contribution >= 4 is 5.91 Å². The quantitative estimate of drug-likeness (QED) is 0.686. The number of carbonyl (C=O) groups is 1. The Bertz CT molecular complexity index is 410. The second-order valence-electron chi connectivity index (χ2n) is 3.12. The molecule has 1 amide bonds. The van der Waals surface area contributed by atoms with E-state index in [1.165, 1.54) is 0 Å². The molecule has 2 atom stereocenters. The van der Waals surface area contributed by atoms with Crippen LogP contribution in [0.25, 0.3) is 0 Å². The molecule has 2 rings (SSSR count). The van der Waals surface area contributed by atoms with Crippen molar-refractivity contribution in [3.8, 4) is 6.07 Å². The molecule has 1 aromatic carbocycles. The Kier molecular flexibility index (Phi) is 1.76. The highest BCUT2D eigenvalue weighted by Crippen LogP contribution is 2.48. The third-order valence-corrected chi connectivity index (χ3v) is 2.25. The molecule has 2 N–H and O–H groups in total. The average Bonchev–Trinajstić information content (AvgIpc) is 2.95. The number of nitrogens with zero attached hydrogens (tertiary/aromatic N) is 1. The van der Waals surface area contributed by atoms with Gasteiger partial charge in [0, 0.05) is 0 Å². The Balaban J connectivity index is 2.28. The molecule has 1 heterocycles. The number of rotatable bonds is 2. The van der Waals surface area contributed by atoms with E-state index in [2.05, 4.69) is 0 Å². The maximum absolute atomic E-state index is 11.0. The van der Waals surface area contributed by atoms with Crippen LogP contribution in [-0.4, -0.2) is 11.5 Å². The van der Waals surface area contributed by atoms with Crippen molar-refractivity contribution in [3.63, 3.8) is 0 Å². The predicted octanol–water partition coefficient (Wildman–Crippen LogP) is 0.506. The van der Waals surface area contributed by atoms with E-state index in [1.807, 2.05) is 18.2 Å². The van der Waals surface area contributed by atoms with Crippen LogP contribution in [0, 0.1) is 11.3 Å². The van der Waals surface area contributed by atoms with Crippen LogP contribution in [0.3, 0.4) is 0 Å². The van der Waals surface area contributed by atoms with Crippen LogP contribution < -0.4 is 5.73 Å². The monoisotopic (exact) mass is 188 g/mol. The summed E-state index contributed by atoms with van der Waals surface area (Å²) < 4.78 is 5.07. The molecular weight excluding hydrogens is 180 g/mol. The minimum atomic E-state index is -1.44. The summed E-state index contributed by atoms with van der Waals surface area (Å²) in [6.45, 7) is 0. The first-order chi connectivity index (χ1) is 6.70. The molecule has 70 valence electrons. The molecule has 1 aliphatic heterocycles. The van der Waals surface area contributed by atoms with E-state index in [0.29, 0.717) is 0 Å². The molecule has 4 nitrogen and oxygen atoms in total. The van der Waals surface area contributed by atoms with E-state index in [-0.39, 0.29) is 0 Å². The molecule has 14 heavy (non-hydrogen) atoms. The maximum atomic E-state index is 11.0. The van der Waals surface area contributed by atoms with Gasteiger partial charge in [0.2, 0.25) is 0 Å². The second kappa shape index (κ2) is 2.82. The zero-order valence-corrected chi connectivity index (χ0v) is 7.31. The van der Waals surface area contributed by atoms with Gasteiger partial charge in [0.05, 0.1) is 0 Å². The molecule has 1 aliphatic rings. The van der Waals surface area contributed by atoms with Crippen LogP contribution in [-0.2, 0) is 9.53 Å². The number of hydrogen-bond acceptors (Lipinski definition) is 3. The van der Waals surface area contributed by atoms with Gasteiger partial charge in [-0.05, 0) is 5.56 Å². The average molecular weight is 188 g/mol. The van der Waals surface area contributed by atoms with Gasteiger partial charge < -0.3 is 10.5 Å². The van der Waals surface area contributed by atoms with Crippen molar-refractivity contribution in [2.24, 2.45) is 5.73 Å². The van der Waals surface area contributed by atoms with Crippen LogP contribution in [0.2, 0.25) is 0 Å². The van der Waals surface area contributed by atoms with Gasteiger partial charge in [-0.1, -0.05) is 30.3 Å². The Morgan fingerprint density at radius 3 is 2.57 bits per heavy atom. The first kappa shape index (κ1) is 8.73. The molecule has 0 saturated carbocycles. The van der Waals surface area contributed by atoms with Crippen molar-refractivity contribution < 1.29 is 9.53 Å². The fraction of sp³-hybridized carbons (Fsp3) is 0.200. The fourth-order valence-electron chi connectivity index (χ4n) is 1.41. The van der Waals surface area contributed by atoms with E-state index >= 15 is 0 Å². The van der Waals surface area contributed by atoms with E-state index in [1.54, 1.807) is 18.2 Å². The molecule has 0 aromatic heterocycles. The summed E-state index contributed by atoms with van der Waals surface area (Å²) in [6, 6.07) is 10.9. The number of nitriles is 1. The predicted molar refractivity (Wildman–Crippen MR) is 47.8 cm³/mol. The van der Waals surface area contributed by atoms with Gasteiger partial charge in [-0.25, -0.2) is 0 Å². The number of carbonyl (C=O) groups excluding carboxylic acids is 1. The molecule has 2 unspecified atom stereocenters. The molecule has 1 fully saturated rings. The van der Waals surface area contributed by atoms with Gasteiger partial charge in [0.25, 0.3) is 11.5 Å². The number of benzene rings is 1. The van der Waals surface area contributed by atoms with E-state index in [9.17, 15) is 4.79 Å². The number of hydrogen-bond donors (Lipinski definition) is 1. The van der Waals surface area contributed by atoms with Gasteiger partial charge in [-0.3, -0.25) is 4.79 Å². The van der Waals surface area contributed by atoms with Gasteiger partial charge in [-0.2, -0.15) is 5.26 Å². The highest BCUT2D eigenvalue weighted by molar-refractivity contribution is 5.90. The van der Waals surface area contributed by atoms with Crippen LogP contribution in [0.4, 0.5) is 0 Å². The smallest absolute Gasteiger partial charge is 0.267 e. The van der Waals surface area contributed by atoms with Crippen LogP contribution >= 0.6 is 0 Å². The summed E-state index contributed by atoms with van der Waals surface area (Å²) in [5.74, 6) is -0.728. The lowest BCUT2D eigenvalue weighted by Crippen LogP contribution is -2.31. The van der Waals surface area contributed by atoms with Crippen LogP contribution in [0.5, 0.6) is 0 Å². The maximum Gasteiger partial charge on any atom is 0.267 e. The highest BCUT2D eigenvalue weighted by Gasteiger charge is 2.63. The number of ether oxygens (including phenoxy) is 1. The lowest BCUT2D eigenvalue weighted by atomic mass is 10.0. The summed E-state index contributed by atoms with van der Waals surface area (Å²) in [7, 11) is 0. The topological polar surface area (TPSA) is 79.4 Å². The molecule has 0 radical (unpaired) electrons. The largest absolute Gasteiger partial charge is 0.366 e. The normalized spacial score (nSPS) is 29.2. The number of epoxide rings is 1. The zero-order valence-electron chi connectivity index (χ0n) is 7.31. The molecular formula is C10H8N2O2. The lowest BCUT2D eigenvalue weighted by molar-refractivity contribution is -0.121. The van der Waals surface area contributed by atoms with Gasteiger partial charge >= 0.3 is 0 Å². The van der Waals surface area contributed by atoms with E-state index in [4.69, 9.17) is 15.7 Å². The molecule has 0 spiro atoms. The summed E-state index contributed by atoms with van der Waals surface area (Å²) >= 11 is 0. The van der Waals surface area contributed by atoms with Gasteiger partial charge in [0.1, 0.15) is 12.2 Å². The SMILES string of the molecule is N#CC1(C(N)=O)OC1c1ccccc1. The third-order valence-electron chi connectivity index (χ3n) is 2.25. The fourth-order valence-corrected chi connectivity index (χ4v) is 1.41. The molecule has 4 heteroatoms. The first-order valence-electron chi connectivity index (χ1n) is 4.14.